The number of rotatable bonds is 8. The zero-order valence-corrected chi connectivity index (χ0v) is 21.4. The minimum absolute atomic E-state index is 0.122. The van der Waals surface area contributed by atoms with E-state index in [0.29, 0.717) is 42.8 Å². The van der Waals surface area contributed by atoms with Gasteiger partial charge in [0, 0.05) is 50.6 Å². The van der Waals surface area contributed by atoms with Crippen LogP contribution in [0.3, 0.4) is 0 Å². The van der Waals surface area contributed by atoms with Gasteiger partial charge in [-0.3, -0.25) is 9.89 Å². The van der Waals surface area contributed by atoms with Gasteiger partial charge in [-0.2, -0.15) is 4.31 Å². The molecule has 36 heavy (non-hydrogen) atoms. The maximum Gasteiger partial charge on any atom is 0.248 e. The highest BCUT2D eigenvalue weighted by Crippen LogP contribution is 2.43. The van der Waals surface area contributed by atoms with Gasteiger partial charge in [-0.1, -0.05) is 60.7 Å². The molecule has 2 aliphatic heterocycles. The van der Waals surface area contributed by atoms with E-state index in [1.54, 1.807) is 35.7 Å². The van der Waals surface area contributed by atoms with E-state index in [-0.39, 0.29) is 6.79 Å². The Bertz CT molecular complexity index is 1430. The van der Waals surface area contributed by atoms with Crippen LogP contribution in [-0.2, 0) is 26.2 Å². The largest absolute Gasteiger partial charge is 0.468 e. The first kappa shape index (κ1) is 24.6. The zero-order chi connectivity index (χ0) is 25.2. The molecule has 1 unspecified atom stereocenters. The smallest absolute Gasteiger partial charge is 0.248 e. The lowest BCUT2D eigenvalue weighted by atomic mass is 9.99. The summed E-state index contributed by atoms with van der Waals surface area (Å²) in [5, 5.41) is 1.56. The third kappa shape index (κ3) is 4.35. The minimum atomic E-state index is -3.88. The van der Waals surface area contributed by atoms with Crippen molar-refractivity contribution in [3.8, 4) is 5.75 Å². The summed E-state index contributed by atoms with van der Waals surface area (Å²) < 4.78 is 41.0. The number of hydrogen-bond donors (Lipinski definition) is 0. The van der Waals surface area contributed by atoms with Gasteiger partial charge in [-0.15, -0.1) is 0 Å². The van der Waals surface area contributed by atoms with Crippen molar-refractivity contribution in [2.75, 3.05) is 40.1 Å². The number of hydrogen-bond acceptors (Lipinski definition) is 6. The Hall–Kier alpha value is -3.04. The third-order valence-electron chi connectivity index (χ3n) is 6.98. The molecule has 1 saturated heterocycles. The monoisotopic (exact) mass is 505 g/mol. The predicted molar refractivity (Wildman–Crippen MR) is 139 cm³/mol. The summed E-state index contributed by atoms with van der Waals surface area (Å²) in [5.41, 5.74) is 2.55. The molecule has 3 aromatic rings. The first-order valence-corrected chi connectivity index (χ1v) is 13.5. The fourth-order valence-electron chi connectivity index (χ4n) is 5.07. The molecular formula is C28H31N3O4S. The van der Waals surface area contributed by atoms with Crippen LogP contribution in [0.25, 0.3) is 5.57 Å². The van der Waals surface area contributed by atoms with Crippen LogP contribution in [0, 0.1) is 0 Å². The number of piperazine rings is 1. The van der Waals surface area contributed by atoms with Crippen molar-refractivity contribution in [1.29, 1.82) is 0 Å². The Balaban J connectivity index is 1.48. The van der Waals surface area contributed by atoms with Crippen LogP contribution in [0.2, 0.25) is 0 Å². The first-order chi connectivity index (χ1) is 17.5. The lowest BCUT2D eigenvalue weighted by Crippen LogP contribution is -2.53. The second-order valence-electron chi connectivity index (χ2n) is 9.14. The highest BCUT2D eigenvalue weighted by atomic mass is 32.2. The molecule has 2 aliphatic rings. The molecule has 2 heterocycles. The molecule has 0 spiro atoms. The molecular weight excluding hydrogens is 474 g/mol. The predicted octanol–water partition coefficient (Wildman–Crippen LogP) is 2.47. The van der Waals surface area contributed by atoms with E-state index < -0.39 is 14.9 Å². The second kappa shape index (κ2) is 10.1. The lowest BCUT2D eigenvalue weighted by Gasteiger charge is -2.39. The van der Waals surface area contributed by atoms with Gasteiger partial charge in [0.15, 0.2) is 6.79 Å². The quantitative estimate of drug-likeness (QED) is 0.440. The van der Waals surface area contributed by atoms with E-state index in [2.05, 4.69) is 17.0 Å². The molecule has 0 bridgehead atoms. The van der Waals surface area contributed by atoms with Gasteiger partial charge in [0.05, 0.1) is 5.36 Å². The average molecular weight is 506 g/mol. The Morgan fingerprint density at radius 2 is 1.56 bits per heavy atom. The Morgan fingerprint density at radius 3 is 2.22 bits per heavy atom. The van der Waals surface area contributed by atoms with Crippen molar-refractivity contribution in [2.45, 2.75) is 18.3 Å². The van der Waals surface area contributed by atoms with E-state index in [4.69, 9.17) is 14.5 Å². The summed E-state index contributed by atoms with van der Waals surface area (Å²) in [6, 6.07) is 25.1. The SMILES string of the molecule is COCOc1ccc(C2(S(=O)(=O)N3CCN(Cc4ccccc4)CC3)N=c3ccccc3=C2C)cc1. The molecule has 0 radical (unpaired) electrons. The van der Waals surface area contributed by atoms with Crippen LogP contribution in [-0.4, -0.2) is 57.7 Å². The fourth-order valence-corrected chi connectivity index (χ4v) is 7.23. The number of nitrogens with zero attached hydrogens (tertiary/aromatic N) is 3. The number of benzene rings is 3. The van der Waals surface area contributed by atoms with E-state index in [9.17, 15) is 8.42 Å². The van der Waals surface area contributed by atoms with Crippen molar-refractivity contribution in [3.05, 3.63) is 101 Å². The van der Waals surface area contributed by atoms with Crippen LogP contribution in [0.5, 0.6) is 5.75 Å². The Morgan fingerprint density at radius 1 is 0.889 bits per heavy atom. The van der Waals surface area contributed by atoms with Gasteiger partial charge in [-0.25, -0.2) is 8.42 Å². The highest BCUT2D eigenvalue weighted by Gasteiger charge is 2.52. The van der Waals surface area contributed by atoms with Crippen molar-refractivity contribution in [2.24, 2.45) is 4.99 Å². The molecule has 188 valence electrons. The van der Waals surface area contributed by atoms with E-state index >= 15 is 0 Å². The summed E-state index contributed by atoms with van der Waals surface area (Å²) in [6.07, 6.45) is 0. The molecule has 1 atom stereocenters. The fraction of sp³-hybridized carbons (Fsp3) is 0.321. The van der Waals surface area contributed by atoms with Gasteiger partial charge < -0.3 is 9.47 Å². The molecule has 7 nitrogen and oxygen atoms in total. The molecule has 0 saturated carbocycles. The van der Waals surface area contributed by atoms with Crippen molar-refractivity contribution in [1.82, 2.24) is 9.21 Å². The maximum absolute atomic E-state index is 14.5. The van der Waals surface area contributed by atoms with Gasteiger partial charge in [0.1, 0.15) is 5.75 Å². The molecule has 0 aliphatic carbocycles. The summed E-state index contributed by atoms with van der Waals surface area (Å²) in [4.78, 5) is 5.70. The number of para-hydroxylation sites is 1. The minimum Gasteiger partial charge on any atom is -0.468 e. The van der Waals surface area contributed by atoms with Crippen molar-refractivity contribution in [3.63, 3.8) is 0 Å². The normalized spacial score (nSPS) is 20.7. The molecule has 1 fully saturated rings. The van der Waals surface area contributed by atoms with Crippen LogP contribution >= 0.6 is 0 Å². The van der Waals surface area contributed by atoms with Crippen LogP contribution in [0.15, 0.2) is 83.9 Å². The molecule has 0 amide bonds. The number of ether oxygens (including phenoxy) is 2. The van der Waals surface area contributed by atoms with Gasteiger partial charge in [-0.05, 0) is 36.3 Å². The zero-order valence-electron chi connectivity index (χ0n) is 20.6. The van der Waals surface area contributed by atoms with Crippen LogP contribution < -0.4 is 15.3 Å². The molecule has 0 N–H and O–H groups in total. The highest BCUT2D eigenvalue weighted by molar-refractivity contribution is 7.90. The third-order valence-corrected chi connectivity index (χ3v) is 9.40. The maximum atomic E-state index is 14.5. The summed E-state index contributed by atoms with van der Waals surface area (Å²) in [5.74, 6) is 0.607. The van der Waals surface area contributed by atoms with Crippen molar-refractivity contribution >= 4 is 15.6 Å². The Kier molecular flexibility index (Phi) is 6.94. The standard InChI is InChI=1S/C28H31N3O4S/c1-22-26-10-6-7-11-27(26)29-28(22,24-12-14-25(15-13-24)35-21-34-2)36(32,33)31-18-16-30(17-19-31)20-23-8-4-3-5-9-23/h3-15H,16-21H2,1-2H3. The number of fused-ring (bicyclic) bond motifs is 1. The molecule has 8 heteroatoms. The van der Waals surface area contributed by atoms with Gasteiger partial charge >= 0.3 is 0 Å². The first-order valence-electron chi connectivity index (χ1n) is 12.1. The number of methoxy groups -OCH3 is 1. The van der Waals surface area contributed by atoms with E-state index in [0.717, 1.165) is 17.3 Å². The van der Waals surface area contributed by atoms with Crippen LogP contribution in [0.1, 0.15) is 18.1 Å². The lowest BCUT2D eigenvalue weighted by molar-refractivity contribution is 0.0511. The molecule has 0 aromatic heterocycles. The second-order valence-corrected chi connectivity index (χ2v) is 11.2. The molecule has 3 aromatic carbocycles. The topological polar surface area (TPSA) is 71.4 Å². The van der Waals surface area contributed by atoms with Crippen molar-refractivity contribution < 1.29 is 17.9 Å². The summed E-state index contributed by atoms with van der Waals surface area (Å²) in [6.45, 7) is 4.99. The molecule has 5 rings (SSSR count). The van der Waals surface area contributed by atoms with E-state index in [1.807, 2.05) is 49.4 Å². The number of sulfonamides is 1. The van der Waals surface area contributed by atoms with Crippen LogP contribution in [0.4, 0.5) is 0 Å². The van der Waals surface area contributed by atoms with Gasteiger partial charge in [0.2, 0.25) is 14.9 Å². The summed E-state index contributed by atoms with van der Waals surface area (Å²) in [7, 11) is -2.32. The van der Waals surface area contributed by atoms with E-state index in [1.165, 1.54) is 5.56 Å². The Labute approximate surface area is 212 Å². The van der Waals surface area contributed by atoms with Gasteiger partial charge in [0.25, 0.3) is 0 Å². The summed E-state index contributed by atoms with van der Waals surface area (Å²) >= 11 is 0. The average Bonchev–Trinajstić information content (AvgIpc) is 3.22.